The maximum Gasteiger partial charge on any atom is 0.345 e. The summed E-state index contributed by atoms with van der Waals surface area (Å²) in [6, 6.07) is 9.86. The van der Waals surface area contributed by atoms with Gasteiger partial charge < -0.3 is 19.0 Å². The lowest BCUT2D eigenvalue weighted by atomic mass is 9.97. The third-order valence-corrected chi connectivity index (χ3v) is 6.76. The zero-order valence-corrected chi connectivity index (χ0v) is 20.6. The highest BCUT2D eigenvalue weighted by atomic mass is 16.7. The molecule has 0 aliphatic carbocycles. The minimum absolute atomic E-state index is 0.0248. The van der Waals surface area contributed by atoms with Crippen LogP contribution in [0.5, 0.6) is 0 Å². The number of esters is 1. The standard InChI is InChI=1S/C25H33N5O5/c1-25(2,3)35-22(31)18-11-13-28(14-12-18)23-27-26-21(34-23)20-10-9-19-15-29(20)24(32)30(19)33-16-17-7-5-4-6-8-17/h4-8,18-20H,9-16H2,1-3H3/t19-,20+/m1/s1. The van der Waals surface area contributed by atoms with Crippen LogP contribution in [0.1, 0.15) is 64.0 Å². The van der Waals surface area contributed by atoms with E-state index in [0.717, 1.165) is 18.4 Å². The van der Waals surface area contributed by atoms with Gasteiger partial charge in [-0.15, -0.1) is 5.10 Å². The summed E-state index contributed by atoms with van der Waals surface area (Å²) >= 11 is 0. The summed E-state index contributed by atoms with van der Waals surface area (Å²) in [5.74, 6) is 0.185. The number of hydrogen-bond donors (Lipinski definition) is 0. The van der Waals surface area contributed by atoms with Gasteiger partial charge in [-0.1, -0.05) is 35.4 Å². The van der Waals surface area contributed by atoms with Crippen molar-refractivity contribution >= 4 is 18.0 Å². The highest BCUT2D eigenvalue weighted by Crippen LogP contribution is 2.39. The summed E-state index contributed by atoms with van der Waals surface area (Å²) in [5.41, 5.74) is 0.536. The van der Waals surface area contributed by atoms with Crippen LogP contribution in [0, 0.1) is 5.92 Å². The zero-order valence-electron chi connectivity index (χ0n) is 20.6. The number of anilines is 1. The summed E-state index contributed by atoms with van der Waals surface area (Å²) in [6.45, 7) is 7.86. The third-order valence-electron chi connectivity index (χ3n) is 6.76. The van der Waals surface area contributed by atoms with Crippen molar-refractivity contribution < 1.29 is 23.6 Å². The highest BCUT2D eigenvalue weighted by molar-refractivity contribution is 5.77. The van der Waals surface area contributed by atoms with Crippen LogP contribution in [0.2, 0.25) is 0 Å². The van der Waals surface area contributed by atoms with Gasteiger partial charge in [-0.2, -0.15) is 5.06 Å². The van der Waals surface area contributed by atoms with Crippen molar-refractivity contribution in [3.05, 3.63) is 41.8 Å². The molecule has 3 aliphatic rings. The summed E-state index contributed by atoms with van der Waals surface area (Å²) in [7, 11) is 0. The molecule has 0 N–H and O–H groups in total. The summed E-state index contributed by atoms with van der Waals surface area (Å²) in [4.78, 5) is 35.1. The van der Waals surface area contributed by atoms with Crippen molar-refractivity contribution in [2.45, 2.75) is 70.7 Å². The van der Waals surface area contributed by atoms with Crippen molar-refractivity contribution in [1.82, 2.24) is 20.2 Å². The predicted molar refractivity (Wildman–Crippen MR) is 126 cm³/mol. The minimum Gasteiger partial charge on any atom is -0.460 e. The van der Waals surface area contributed by atoms with Gasteiger partial charge in [0.1, 0.15) is 18.2 Å². The largest absolute Gasteiger partial charge is 0.460 e. The minimum atomic E-state index is -0.482. The van der Waals surface area contributed by atoms with E-state index in [1.807, 2.05) is 56.0 Å². The number of carbonyl (C=O) groups excluding carboxylic acids is 2. The number of amides is 2. The van der Waals surface area contributed by atoms with Gasteiger partial charge in [0.05, 0.1) is 12.0 Å². The molecule has 3 saturated heterocycles. The summed E-state index contributed by atoms with van der Waals surface area (Å²) in [6.07, 6.45) is 2.90. The van der Waals surface area contributed by atoms with E-state index in [0.29, 0.717) is 51.0 Å². The van der Waals surface area contributed by atoms with Crippen molar-refractivity contribution in [3.8, 4) is 0 Å². The molecule has 10 nitrogen and oxygen atoms in total. The van der Waals surface area contributed by atoms with E-state index in [1.54, 1.807) is 4.90 Å². The number of ether oxygens (including phenoxy) is 1. The van der Waals surface area contributed by atoms with Crippen molar-refractivity contribution in [2.75, 3.05) is 24.5 Å². The molecule has 35 heavy (non-hydrogen) atoms. The quantitative estimate of drug-likeness (QED) is 0.573. The molecule has 2 aromatic rings. The Morgan fingerprint density at radius 2 is 1.83 bits per heavy atom. The molecule has 3 fully saturated rings. The van der Waals surface area contributed by atoms with Crippen LogP contribution >= 0.6 is 0 Å². The zero-order chi connectivity index (χ0) is 24.6. The van der Waals surface area contributed by atoms with Crippen molar-refractivity contribution in [3.63, 3.8) is 0 Å². The first-order valence-corrected chi connectivity index (χ1v) is 12.4. The van der Waals surface area contributed by atoms with Crippen molar-refractivity contribution in [2.24, 2.45) is 5.92 Å². The first-order chi connectivity index (χ1) is 16.8. The Morgan fingerprint density at radius 1 is 1.09 bits per heavy atom. The van der Waals surface area contributed by atoms with Gasteiger partial charge in [0.25, 0.3) is 0 Å². The predicted octanol–water partition coefficient (Wildman–Crippen LogP) is 3.70. The lowest BCUT2D eigenvalue weighted by molar-refractivity contribution is -0.160. The van der Waals surface area contributed by atoms with Gasteiger partial charge in [0, 0.05) is 19.6 Å². The Morgan fingerprint density at radius 3 is 2.54 bits per heavy atom. The van der Waals surface area contributed by atoms with Gasteiger partial charge in [0.2, 0.25) is 5.89 Å². The molecule has 1 aromatic carbocycles. The first-order valence-electron chi connectivity index (χ1n) is 12.4. The van der Waals surface area contributed by atoms with E-state index >= 15 is 0 Å². The highest BCUT2D eigenvalue weighted by Gasteiger charge is 2.48. The second-order valence-corrected chi connectivity index (χ2v) is 10.5. The Hall–Kier alpha value is -3.14. The second-order valence-electron chi connectivity index (χ2n) is 10.5. The number of nitrogens with zero attached hydrogens (tertiary/aromatic N) is 5. The molecule has 3 aliphatic heterocycles. The molecular formula is C25H33N5O5. The Labute approximate surface area is 205 Å². The normalized spacial score (nSPS) is 23.2. The smallest absolute Gasteiger partial charge is 0.345 e. The Kier molecular flexibility index (Phi) is 6.39. The molecule has 0 unspecified atom stereocenters. The fourth-order valence-corrected chi connectivity index (χ4v) is 4.95. The van der Waals surface area contributed by atoms with Gasteiger partial charge in [-0.05, 0) is 52.0 Å². The molecule has 4 heterocycles. The SMILES string of the molecule is CC(C)(C)OC(=O)C1CCN(c2nnc([C@@H]3CC[C@@H]4CN3C(=O)N4OCc3ccccc3)o2)CC1. The number of aromatic nitrogens is 2. The number of urea groups is 1. The lowest BCUT2D eigenvalue weighted by Crippen LogP contribution is -2.39. The number of piperidine rings is 2. The fraction of sp³-hybridized carbons (Fsp3) is 0.600. The molecule has 188 valence electrons. The molecule has 1 aromatic heterocycles. The number of carbonyl (C=O) groups is 2. The number of hydrogen-bond acceptors (Lipinski definition) is 8. The molecule has 2 atom stereocenters. The van der Waals surface area contributed by atoms with E-state index < -0.39 is 5.60 Å². The van der Waals surface area contributed by atoms with Crippen LogP contribution in [0.15, 0.2) is 34.7 Å². The molecule has 2 amide bonds. The second kappa shape index (κ2) is 9.49. The fourth-order valence-electron chi connectivity index (χ4n) is 4.95. The van der Waals surface area contributed by atoms with Crippen LogP contribution < -0.4 is 4.90 Å². The third kappa shape index (κ3) is 5.12. The van der Waals surface area contributed by atoms with E-state index in [-0.39, 0.29) is 30.0 Å². The molecule has 5 rings (SSSR count). The summed E-state index contributed by atoms with van der Waals surface area (Å²) in [5, 5.41) is 10.0. The topological polar surface area (TPSA) is 101 Å². The maximum atomic E-state index is 13.1. The average Bonchev–Trinajstić information content (AvgIpc) is 3.42. The Balaban J connectivity index is 1.18. The van der Waals surface area contributed by atoms with Crippen LogP contribution in [0.25, 0.3) is 0 Å². The lowest BCUT2D eigenvalue weighted by Gasteiger charge is -2.31. The number of fused-ring (bicyclic) bond motifs is 2. The van der Waals surface area contributed by atoms with E-state index in [1.165, 1.54) is 5.06 Å². The molecule has 0 saturated carbocycles. The van der Waals surface area contributed by atoms with E-state index in [4.69, 9.17) is 14.0 Å². The summed E-state index contributed by atoms with van der Waals surface area (Å²) < 4.78 is 11.6. The van der Waals surface area contributed by atoms with Gasteiger partial charge in [-0.3, -0.25) is 9.63 Å². The van der Waals surface area contributed by atoms with Crippen molar-refractivity contribution in [1.29, 1.82) is 0 Å². The Bertz CT molecular complexity index is 1040. The van der Waals surface area contributed by atoms with Gasteiger partial charge in [-0.25, -0.2) is 4.79 Å². The van der Waals surface area contributed by atoms with Crippen LogP contribution in [-0.2, 0) is 21.0 Å². The molecule has 0 radical (unpaired) electrons. The number of rotatable bonds is 6. The first kappa shape index (κ1) is 23.6. The molecular weight excluding hydrogens is 450 g/mol. The monoisotopic (exact) mass is 483 g/mol. The van der Waals surface area contributed by atoms with Gasteiger partial charge >= 0.3 is 18.0 Å². The average molecular weight is 484 g/mol. The van der Waals surface area contributed by atoms with Crippen LogP contribution in [0.3, 0.4) is 0 Å². The number of benzene rings is 1. The number of hydroxylamine groups is 2. The van der Waals surface area contributed by atoms with Gasteiger partial charge in [0.15, 0.2) is 0 Å². The van der Waals surface area contributed by atoms with Crippen LogP contribution in [-0.4, -0.2) is 63.4 Å². The maximum absolute atomic E-state index is 13.1. The molecule has 2 bridgehead atoms. The molecule has 10 heteroatoms. The van der Waals surface area contributed by atoms with E-state index in [2.05, 4.69) is 10.2 Å². The van der Waals surface area contributed by atoms with E-state index in [9.17, 15) is 9.59 Å². The molecule has 0 spiro atoms. The van der Waals surface area contributed by atoms with Crippen LogP contribution in [0.4, 0.5) is 10.8 Å².